The van der Waals surface area contributed by atoms with Crippen LogP contribution < -0.4 is 0 Å². The predicted octanol–water partition coefficient (Wildman–Crippen LogP) is 2.25. The van der Waals surface area contributed by atoms with Crippen molar-refractivity contribution in [1.29, 1.82) is 0 Å². The molecule has 6 nitrogen and oxygen atoms in total. The average Bonchev–Trinajstić information content (AvgIpc) is 3.21. The number of hydrogen-bond acceptors (Lipinski definition) is 4. The van der Waals surface area contributed by atoms with Crippen LogP contribution in [0.2, 0.25) is 0 Å². The number of hydrogen-bond donors (Lipinski definition) is 0. The fourth-order valence-corrected chi connectivity index (χ4v) is 4.43. The van der Waals surface area contributed by atoms with E-state index < -0.39 is 17.2 Å². The third-order valence-electron chi connectivity index (χ3n) is 6.14. The van der Waals surface area contributed by atoms with Gasteiger partial charge in [-0.05, 0) is 31.7 Å². The first-order chi connectivity index (χ1) is 14.0. The van der Waals surface area contributed by atoms with Crippen molar-refractivity contribution in [3.8, 4) is 0 Å². The van der Waals surface area contributed by atoms with Gasteiger partial charge in [0.1, 0.15) is 6.10 Å². The first-order valence-electron chi connectivity index (χ1n) is 10.2. The first kappa shape index (κ1) is 20.2. The Morgan fingerprint density at radius 2 is 2.00 bits per heavy atom. The Bertz CT molecular complexity index is 774. The van der Waals surface area contributed by atoms with Crippen molar-refractivity contribution in [1.82, 2.24) is 9.80 Å². The molecule has 3 aliphatic rings. The summed E-state index contributed by atoms with van der Waals surface area (Å²) in [4.78, 5) is 28.5. The van der Waals surface area contributed by atoms with Gasteiger partial charge in [-0.2, -0.15) is 0 Å². The molecule has 1 aromatic carbocycles. The standard InChI is InChI=1S/C21H26F2N2O4/c22-16-4-1-3-15(19(16)23)13-25-14-21(29-12-6-18(25)26)7-9-24(10-8-21)20(27)17-5-2-11-28-17/h1,3-4,17H,2,5-14H2/t17-/m1/s1. The van der Waals surface area contributed by atoms with E-state index in [-0.39, 0.29) is 36.4 Å². The van der Waals surface area contributed by atoms with Gasteiger partial charge in [-0.3, -0.25) is 9.59 Å². The number of rotatable bonds is 3. The molecule has 2 amide bonds. The quantitative estimate of drug-likeness (QED) is 0.770. The zero-order valence-corrected chi connectivity index (χ0v) is 16.4. The lowest BCUT2D eigenvalue weighted by Crippen LogP contribution is -2.54. The third-order valence-corrected chi connectivity index (χ3v) is 6.14. The molecule has 3 aliphatic heterocycles. The molecule has 0 bridgehead atoms. The molecule has 4 rings (SSSR count). The molecule has 0 N–H and O–H groups in total. The maximum atomic E-state index is 14.1. The molecular weight excluding hydrogens is 382 g/mol. The fourth-order valence-electron chi connectivity index (χ4n) is 4.43. The monoisotopic (exact) mass is 408 g/mol. The highest BCUT2D eigenvalue weighted by Gasteiger charge is 2.42. The van der Waals surface area contributed by atoms with E-state index in [1.54, 1.807) is 4.90 Å². The van der Waals surface area contributed by atoms with Crippen LogP contribution >= 0.6 is 0 Å². The van der Waals surface area contributed by atoms with Crippen molar-refractivity contribution in [2.45, 2.75) is 50.4 Å². The molecule has 1 atom stereocenters. The number of ether oxygens (including phenoxy) is 2. The highest BCUT2D eigenvalue weighted by Crippen LogP contribution is 2.32. The summed E-state index contributed by atoms with van der Waals surface area (Å²) in [5.41, 5.74) is -0.412. The maximum Gasteiger partial charge on any atom is 0.251 e. The molecule has 0 aromatic heterocycles. The van der Waals surface area contributed by atoms with Gasteiger partial charge in [0, 0.05) is 31.8 Å². The molecule has 3 saturated heterocycles. The minimum atomic E-state index is -0.920. The van der Waals surface area contributed by atoms with Crippen LogP contribution in [0.3, 0.4) is 0 Å². The van der Waals surface area contributed by atoms with E-state index in [4.69, 9.17) is 9.47 Å². The normalized spacial score (nSPS) is 24.8. The largest absolute Gasteiger partial charge is 0.372 e. The smallest absolute Gasteiger partial charge is 0.251 e. The number of nitrogens with zero attached hydrogens (tertiary/aromatic N) is 2. The Labute approximate surface area is 168 Å². The Hall–Kier alpha value is -2.06. The van der Waals surface area contributed by atoms with Gasteiger partial charge in [0.05, 0.1) is 25.2 Å². The fraction of sp³-hybridized carbons (Fsp3) is 0.619. The van der Waals surface area contributed by atoms with Crippen LogP contribution in [0.25, 0.3) is 0 Å². The number of likely N-dealkylation sites (tertiary alicyclic amines) is 1. The van der Waals surface area contributed by atoms with E-state index in [2.05, 4.69) is 0 Å². The summed E-state index contributed by atoms with van der Waals surface area (Å²) in [6.45, 7) is 2.31. The van der Waals surface area contributed by atoms with Crippen molar-refractivity contribution in [2.24, 2.45) is 0 Å². The Morgan fingerprint density at radius 3 is 2.72 bits per heavy atom. The van der Waals surface area contributed by atoms with Crippen molar-refractivity contribution in [3.05, 3.63) is 35.4 Å². The number of halogens is 2. The van der Waals surface area contributed by atoms with Crippen molar-refractivity contribution in [3.63, 3.8) is 0 Å². The van der Waals surface area contributed by atoms with Gasteiger partial charge < -0.3 is 19.3 Å². The van der Waals surface area contributed by atoms with Crippen LogP contribution in [0.5, 0.6) is 0 Å². The van der Waals surface area contributed by atoms with Gasteiger partial charge in [0.2, 0.25) is 5.91 Å². The zero-order valence-electron chi connectivity index (χ0n) is 16.4. The molecule has 0 unspecified atom stereocenters. The van der Waals surface area contributed by atoms with Gasteiger partial charge >= 0.3 is 0 Å². The summed E-state index contributed by atoms with van der Waals surface area (Å²) in [7, 11) is 0. The van der Waals surface area contributed by atoms with Gasteiger partial charge in [-0.15, -0.1) is 0 Å². The van der Waals surface area contributed by atoms with Gasteiger partial charge in [0.15, 0.2) is 11.6 Å². The van der Waals surface area contributed by atoms with Gasteiger partial charge in [-0.1, -0.05) is 12.1 Å². The summed E-state index contributed by atoms with van der Waals surface area (Å²) >= 11 is 0. The van der Waals surface area contributed by atoms with Crippen LogP contribution in [-0.2, 0) is 25.6 Å². The van der Waals surface area contributed by atoms with E-state index >= 15 is 0 Å². The SMILES string of the molecule is O=C1CCOC2(CCN(C(=O)[C@H]3CCCO3)CC2)CN1Cc1cccc(F)c1F. The molecule has 0 aliphatic carbocycles. The predicted molar refractivity (Wildman–Crippen MR) is 99.9 cm³/mol. The minimum absolute atomic E-state index is 0.00605. The zero-order chi connectivity index (χ0) is 20.4. The molecular formula is C21H26F2N2O4. The van der Waals surface area contributed by atoms with Crippen LogP contribution in [0.1, 0.15) is 37.7 Å². The Morgan fingerprint density at radius 1 is 1.21 bits per heavy atom. The molecule has 0 radical (unpaired) electrons. The van der Waals surface area contributed by atoms with E-state index in [9.17, 15) is 18.4 Å². The summed E-state index contributed by atoms with van der Waals surface area (Å²) in [6.07, 6.45) is 2.73. The number of benzene rings is 1. The van der Waals surface area contributed by atoms with E-state index in [0.29, 0.717) is 45.7 Å². The highest BCUT2D eigenvalue weighted by atomic mass is 19.2. The third kappa shape index (κ3) is 4.28. The average molecular weight is 408 g/mol. The number of carbonyl (C=O) groups is 2. The lowest BCUT2D eigenvalue weighted by atomic mass is 9.90. The molecule has 3 heterocycles. The number of amides is 2. The molecule has 8 heteroatoms. The summed E-state index contributed by atoms with van der Waals surface area (Å²) < 4.78 is 39.2. The van der Waals surface area contributed by atoms with Gasteiger partial charge in [0.25, 0.3) is 5.91 Å². The lowest BCUT2D eigenvalue weighted by molar-refractivity contribution is -0.148. The number of carbonyl (C=O) groups excluding carboxylic acids is 2. The summed E-state index contributed by atoms with van der Waals surface area (Å²) in [5, 5.41) is 0. The Kier molecular flexibility index (Phi) is 5.83. The van der Waals surface area contributed by atoms with Crippen molar-refractivity contribution in [2.75, 3.05) is 32.8 Å². The van der Waals surface area contributed by atoms with Gasteiger partial charge in [-0.25, -0.2) is 8.78 Å². The molecule has 1 aromatic rings. The first-order valence-corrected chi connectivity index (χ1v) is 10.2. The van der Waals surface area contributed by atoms with E-state index in [1.165, 1.54) is 12.1 Å². The molecule has 29 heavy (non-hydrogen) atoms. The molecule has 1 spiro atoms. The highest BCUT2D eigenvalue weighted by molar-refractivity contribution is 5.81. The molecule has 0 saturated carbocycles. The molecule has 3 fully saturated rings. The maximum absolute atomic E-state index is 14.1. The van der Waals surface area contributed by atoms with Crippen LogP contribution in [0.4, 0.5) is 8.78 Å². The lowest BCUT2D eigenvalue weighted by Gasteiger charge is -2.43. The van der Waals surface area contributed by atoms with Crippen LogP contribution in [0, 0.1) is 11.6 Å². The van der Waals surface area contributed by atoms with Crippen LogP contribution in [-0.4, -0.2) is 66.2 Å². The van der Waals surface area contributed by atoms with E-state index in [1.807, 2.05) is 4.90 Å². The molecule has 158 valence electrons. The van der Waals surface area contributed by atoms with Crippen LogP contribution in [0.15, 0.2) is 18.2 Å². The number of piperidine rings is 1. The second-order valence-electron chi connectivity index (χ2n) is 8.07. The van der Waals surface area contributed by atoms with Crippen molar-refractivity contribution >= 4 is 11.8 Å². The second kappa shape index (κ2) is 8.36. The second-order valence-corrected chi connectivity index (χ2v) is 8.07. The minimum Gasteiger partial charge on any atom is -0.372 e. The van der Waals surface area contributed by atoms with E-state index in [0.717, 1.165) is 18.9 Å². The Balaban J connectivity index is 1.43. The summed E-state index contributed by atoms with van der Waals surface area (Å²) in [5.74, 6) is -1.95. The van der Waals surface area contributed by atoms with Crippen molar-refractivity contribution < 1.29 is 27.8 Å². The summed E-state index contributed by atoms with van der Waals surface area (Å²) in [6, 6.07) is 4.00. The topological polar surface area (TPSA) is 59.1 Å².